The van der Waals surface area contributed by atoms with Crippen LogP contribution in [-0.4, -0.2) is 12.9 Å². The number of anilines is 2. The molecule has 0 saturated carbocycles. The monoisotopic (exact) mass is 256 g/mol. The molecule has 0 amide bonds. The van der Waals surface area contributed by atoms with E-state index < -0.39 is 0 Å². The van der Waals surface area contributed by atoms with Gasteiger partial charge in [0.05, 0.1) is 12.7 Å². The maximum Gasteiger partial charge on any atom is 0.198 e. The van der Waals surface area contributed by atoms with Crippen molar-refractivity contribution in [3.8, 4) is 5.75 Å². The van der Waals surface area contributed by atoms with E-state index in [1.807, 2.05) is 13.0 Å². The van der Waals surface area contributed by atoms with Crippen LogP contribution in [0.15, 0.2) is 36.4 Å². The highest BCUT2D eigenvalue weighted by molar-refractivity contribution is 6.13. The summed E-state index contributed by atoms with van der Waals surface area (Å²) in [5.41, 5.74) is 14.3. The Morgan fingerprint density at radius 3 is 2.42 bits per heavy atom. The highest BCUT2D eigenvalue weighted by atomic mass is 16.5. The molecule has 0 aliphatic heterocycles. The van der Waals surface area contributed by atoms with Crippen LogP contribution in [0, 0.1) is 6.92 Å². The van der Waals surface area contributed by atoms with Gasteiger partial charge in [-0.05, 0) is 37.3 Å². The van der Waals surface area contributed by atoms with Gasteiger partial charge in [0.1, 0.15) is 5.75 Å². The summed E-state index contributed by atoms with van der Waals surface area (Å²) < 4.78 is 5.22. The van der Waals surface area contributed by atoms with Crippen LogP contribution in [0.2, 0.25) is 0 Å². The summed E-state index contributed by atoms with van der Waals surface area (Å²) in [6.45, 7) is 1.92. The quantitative estimate of drug-likeness (QED) is 0.653. The van der Waals surface area contributed by atoms with Crippen molar-refractivity contribution >= 4 is 17.2 Å². The molecule has 98 valence electrons. The molecule has 0 spiro atoms. The molecule has 0 radical (unpaired) electrons. The van der Waals surface area contributed by atoms with Crippen molar-refractivity contribution in [2.45, 2.75) is 6.92 Å². The van der Waals surface area contributed by atoms with E-state index in [9.17, 15) is 4.79 Å². The Morgan fingerprint density at radius 1 is 1.05 bits per heavy atom. The molecule has 2 rings (SSSR count). The molecule has 4 nitrogen and oxygen atoms in total. The Hall–Kier alpha value is -2.49. The van der Waals surface area contributed by atoms with Crippen molar-refractivity contribution < 1.29 is 9.53 Å². The minimum Gasteiger partial charge on any atom is -0.496 e. The summed E-state index contributed by atoms with van der Waals surface area (Å²) >= 11 is 0. The van der Waals surface area contributed by atoms with Crippen LogP contribution in [0.25, 0.3) is 0 Å². The first-order chi connectivity index (χ1) is 9.02. The SMILES string of the molecule is COc1ccc(C)cc1C(=O)c1ccc(N)cc1N. The maximum absolute atomic E-state index is 12.5. The Morgan fingerprint density at radius 2 is 1.79 bits per heavy atom. The van der Waals surface area contributed by atoms with E-state index in [0.717, 1.165) is 5.56 Å². The van der Waals surface area contributed by atoms with E-state index >= 15 is 0 Å². The fourth-order valence-electron chi connectivity index (χ4n) is 1.93. The van der Waals surface area contributed by atoms with Crippen LogP contribution >= 0.6 is 0 Å². The van der Waals surface area contributed by atoms with Gasteiger partial charge in [-0.25, -0.2) is 0 Å². The summed E-state index contributed by atoms with van der Waals surface area (Å²) in [5, 5.41) is 0. The third kappa shape index (κ3) is 2.52. The zero-order chi connectivity index (χ0) is 14.0. The summed E-state index contributed by atoms with van der Waals surface area (Å²) in [7, 11) is 1.54. The molecule has 0 aliphatic rings. The molecule has 0 fully saturated rings. The van der Waals surface area contributed by atoms with Crippen molar-refractivity contribution in [3.63, 3.8) is 0 Å². The van der Waals surface area contributed by atoms with E-state index in [0.29, 0.717) is 28.3 Å². The summed E-state index contributed by atoms with van der Waals surface area (Å²) in [6.07, 6.45) is 0. The van der Waals surface area contributed by atoms with Crippen molar-refractivity contribution in [1.82, 2.24) is 0 Å². The van der Waals surface area contributed by atoms with Crippen molar-refractivity contribution in [3.05, 3.63) is 53.1 Å². The molecule has 19 heavy (non-hydrogen) atoms. The van der Waals surface area contributed by atoms with Gasteiger partial charge in [0.2, 0.25) is 0 Å². The largest absolute Gasteiger partial charge is 0.496 e. The standard InChI is InChI=1S/C15H16N2O2/c1-9-3-6-14(19-2)12(7-9)15(18)11-5-4-10(16)8-13(11)17/h3-8H,16-17H2,1-2H3. The van der Waals surface area contributed by atoms with Gasteiger partial charge in [0.25, 0.3) is 0 Å². The maximum atomic E-state index is 12.5. The number of nitrogens with two attached hydrogens (primary N) is 2. The Labute approximate surface area is 112 Å². The van der Waals surface area contributed by atoms with E-state index in [-0.39, 0.29) is 5.78 Å². The van der Waals surface area contributed by atoms with Gasteiger partial charge in [-0.3, -0.25) is 4.79 Å². The Balaban J connectivity index is 2.52. The number of ketones is 1. The average Bonchev–Trinajstić information content (AvgIpc) is 2.38. The molecular weight excluding hydrogens is 240 g/mol. The van der Waals surface area contributed by atoms with Gasteiger partial charge in [-0.15, -0.1) is 0 Å². The smallest absolute Gasteiger partial charge is 0.198 e. The lowest BCUT2D eigenvalue weighted by Gasteiger charge is -2.10. The van der Waals surface area contributed by atoms with Gasteiger partial charge < -0.3 is 16.2 Å². The number of ether oxygens (including phenoxy) is 1. The van der Waals surface area contributed by atoms with E-state index in [1.54, 1.807) is 30.3 Å². The number of hydrogen-bond donors (Lipinski definition) is 2. The molecular formula is C15H16N2O2. The minimum atomic E-state index is -0.168. The number of carbonyl (C=O) groups excluding carboxylic acids is 1. The highest BCUT2D eigenvalue weighted by Gasteiger charge is 2.17. The summed E-state index contributed by atoms with van der Waals surface area (Å²) in [5.74, 6) is 0.366. The zero-order valence-electron chi connectivity index (χ0n) is 10.9. The van der Waals surface area contributed by atoms with Crippen molar-refractivity contribution in [2.75, 3.05) is 18.6 Å². The second kappa shape index (κ2) is 5.02. The molecule has 0 unspecified atom stereocenters. The highest BCUT2D eigenvalue weighted by Crippen LogP contribution is 2.26. The molecule has 0 heterocycles. The molecule has 2 aromatic carbocycles. The number of aryl methyl sites for hydroxylation is 1. The van der Waals surface area contributed by atoms with Crippen molar-refractivity contribution in [1.29, 1.82) is 0 Å². The lowest BCUT2D eigenvalue weighted by molar-refractivity contribution is 0.103. The fraction of sp³-hybridized carbons (Fsp3) is 0.133. The first-order valence-electron chi connectivity index (χ1n) is 5.87. The molecule has 4 heteroatoms. The second-order valence-electron chi connectivity index (χ2n) is 4.38. The van der Waals surface area contributed by atoms with Crippen LogP contribution in [0.4, 0.5) is 11.4 Å². The molecule has 0 atom stereocenters. The zero-order valence-corrected chi connectivity index (χ0v) is 10.9. The van der Waals surface area contributed by atoms with Crippen LogP contribution in [0.5, 0.6) is 5.75 Å². The van der Waals surface area contributed by atoms with Gasteiger partial charge in [-0.2, -0.15) is 0 Å². The Kier molecular flexibility index (Phi) is 3.42. The van der Waals surface area contributed by atoms with Crippen LogP contribution in [-0.2, 0) is 0 Å². The predicted octanol–water partition coefficient (Wildman–Crippen LogP) is 2.40. The summed E-state index contributed by atoms with van der Waals surface area (Å²) in [4.78, 5) is 12.5. The molecule has 0 saturated heterocycles. The number of nitrogen functional groups attached to an aromatic ring is 2. The van der Waals surface area contributed by atoms with Gasteiger partial charge in [0, 0.05) is 16.9 Å². The van der Waals surface area contributed by atoms with E-state index in [1.165, 1.54) is 7.11 Å². The molecule has 0 bridgehead atoms. The topological polar surface area (TPSA) is 78.3 Å². The van der Waals surface area contributed by atoms with E-state index in [2.05, 4.69) is 0 Å². The first kappa shape index (κ1) is 13.0. The third-order valence-corrected chi connectivity index (χ3v) is 2.92. The summed E-state index contributed by atoms with van der Waals surface area (Å²) in [6, 6.07) is 10.3. The molecule has 2 aromatic rings. The van der Waals surface area contributed by atoms with E-state index in [4.69, 9.17) is 16.2 Å². The lowest BCUT2D eigenvalue weighted by atomic mass is 9.99. The predicted molar refractivity (Wildman–Crippen MR) is 76.4 cm³/mol. The third-order valence-electron chi connectivity index (χ3n) is 2.92. The molecule has 4 N–H and O–H groups in total. The number of methoxy groups -OCH3 is 1. The normalized spacial score (nSPS) is 10.2. The molecule has 0 aliphatic carbocycles. The number of hydrogen-bond acceptors (Lipinski definition) is 4. The molecule has 0 aromatic heterocycles. The minimum absolute atomic E-state index is 0.168. The van der Waals surface area contributed by atoms with Crippen LogP contribution in [0.3, 0.4) is 0 Å². The van der Waals surface area contributed by atoms with Crippen molar-refractivity contribution in [2.24, 2.45) is 0 Å². The first-order valence-corrected chi connectivity index (χ1v) is 5.87. The Bertz CT molecular complexity index is 636. The van der Waals surface area contributed by atoms with Gasteiger partial charge >= 0.3 is 0 Å². The van der Waals surface area contributed by atoms with Gasteiger partial charge in [-0.1, -0.05) is 11.6 Å². The number of carbonyl (C=O) groups is 1. The number of benzene rings is 2. The van der Waals surface area contributed by atoms with Gasteiger partial charge in [0.15, 0.2) is 5.78 Å². The average molecular weight is 256 g/mol. The lowest BCUT2D eigenvalue weighted by Crippen LogP contribution is -2.08. The van der Waals surface area contributed by atoms with Crippen LogP contribution in [0.1, 0.15) is 21.5 Å². The fourth-order valence-corrected chi connectivity index (χ4v) is 1.93. The number of rotatable bonds is 3. The van der Waals surface area contributed by atoms with Crippen LogP contribution < -0.4 is 16.2 Å². The second-order valence-corrected chi connectivity index (χ2v) is 4.38.